The van der Waals surface area contributed by atoms with Crippen molar-refractivity contribution in [3.63, 3.8) is 0 Å². The van der Waals surface area contributed by atoms with Crippen LogP contribution in [0, 0.1) is 10.1 Å². The Bertz CT molecular complexity index is 515. The van der Waals surface area contributed by atoms with Gasteiger partial charge >= 0.3 is 0 Å². The molecule has 1 aromatic rings. The fourth-order valence-corrected chi connectivity index (χ4v) is 1.38. The zero-order valence-corrected chi connectivity index (χ0v) is 9.78. The standard InChI is InChI=1S/C9H12N6O4/c10-6-1-5(15(18)19)2-9(13-6)14(3-7(11)16)4-8(12)17/h1-2H,3-4H2,(H2,10,13)(H2,11,16)(H2,12,17). The van der Waals surface area contributed by atoms with Gasteiger partial charge < -0.3 is 22.1 Å². The van der Waals surface area contributed by atoms with Crippen molar-refractivity contribution in [1.82, 2.24) is 4.98 Å². The van der Waals surface area contributed by atoms with Gasteiger partial charge in [-0.15, -0.1) is 0 Å². The number of rotatable bonds is 6. The quantitative estimate of drug-likeness (QED) is 0.409. The van der Waals surface area contributed by atoms with Crippen LogP contribution in [-0.4, -0.2) is 34.8 Å². The lowest BCUT2D eigenvalue weighted by Crippen LogP contribution is -2.40. The van der Waals surface area contributed by atoms with Crippen molar-refractivity contribution in [3.05, 3.63) is 22.2 Å². The van der Waals surface area contributed by atoms with Crippen molar-refractivity contribution in [2.75, 3.05) is 23.7 Å². The Morgan fingerprint density at radius 1 is 1.26 bits per heavy atom. The average molecular weight is 268 g/mol. The van der Waals surface area contributed by atoms with E-state index in [2.05, 4.69) is 4.98 Å². The number of anilines is 2. The normalized spacial score (nSPS) is 9.89. The summed E-state index contributed by atoms with van der Waals surface area (Å²) in [5.74, 6) is -1.63. The van der Waals surface area contributed by atoms with E-state index in [0.29, 0.717) is 0 Å². The molecule has 10 heteroatoms. The molecule has 0 unspecified atom stereocenters. The molecule has 0 aliphatic carbocycles. The number of pyridine rings is 1. The predicted octanol–water partition coefficient (Wildman–Crippen LogP) is -1.65. The Kier molecular flexibility index (Phi) is 4.19. The van der Waals surface area contributed by atoms with Gasteiger partial charge in [-0.3, -0.25) is 19.7 Å². The van der Waals surface area contributed by atoms with E-state index in [4.69, 9.17) is 17.2 Å². The summed E-state index contributed by atoms with van der Waals surface area (Å²) in [5.41, 5.74) is 15.1. The number of hydrogen-bond donors (Lipinski definition) is 3. The van der Waals surface area contributed by atoms with E-state index in [1.54, 1.807) is 0 Å². The third kappa shape index (κ3) is 4.11. The number of nitrogens with zero attached hydrogens (tertiary/aromatic N) is 3. The number of amides is 2. The van der Waals surface area contributed by atoms with Gasteiger partial charge in [-0.1, -0.05) is 0 Å². The zero-order valence-electron chi connectivity index (χ0n) is 9.78. The molecule has 2 amide bonds. The fourth-order valence-electron chi connectivity index (χ4n) is 1.38. The van der Waals surface area contributed by atoms with E-state index in [9.17, 15) is 19.7 Å². The van der Waals surface area contributed by atoms with E-state index in [1.807, 2.05) is 0 Å². The molecule has 0 fully saturated rings. The minimum atomic E-state index is -0.742. The van der Waals surface area contributed by atoms with Crippen LogP contribution in [0.25, 0.3) is 0 Å². The number of carbonyl (C=O) groups excluding carboxylic acids is 2. The van der Waals surface area contributed by atoms with Crippen LogP contribution < -0.4 is 22.1 Å². The van der Waals surface area contributed by atoms with Crippen LogP contribution in [0.4, 0.5) is 17.3 Å². The molecule has 0 radical (unpaired) electrons. The Labute approximate surface area is 107 Å². The van der Waals surface area contributed by atoms with Crippen LogP contribution in [0.1, 0.15) is 0 Å². The van der Waals surface area contributed by atoms with E-state index in [1.165, 1.54) is 0 Å². The van der Waals surface area contributed by atoms with Gasteiger partial charge in [0, 0.05) is 0 Å². The van der Waals surface area contributed by atoms with E-state index < -0.39 is 16.7 Å². The lowest BCUT2D eigenvalue weighted by molar-refractivity contribution is -0.384. The molecule has 102 valence electrons. The lowest BCUT2D eigenvalue weighted by Gasteiger charge is -2.20. The first-order valence-electron chi connectivity index (χ1n) is 5.03. The summed E-state index contributed by atoms with van der Waals surface area (Å²) in [7, 11) is 0. The monoisotopic (exact) mass is 268 g/mol. The van der Waals surface area contributed by atoms with Crippen molar-refractivity contribution < 1.29 is 14.5 Å². The Morgan fingerprint density at radius 3 is 2.21 bits per heavy atom. The van der Waals surface area contributed by atoms with Gasteiger partial charge in [-0.25, -0.2) is 4.98 Å². The maximum atomic E-state index is 10.9. The highest BCUT2D eigenvalue weighted by Gasteiger charge is 2.18. The third-order valence-electron chi connectivity index (χ3n) is 2.04. The van der Waals surface area contributed by atoms with Gasteiger partial charge in [0.1, 0.15) is 11.6 Å². The van der Waals surface area contributed by atoms with Crippen LogP contribution >= 0.6 is 0 Å². The van der Waals surface area contributed by atoms with Crippen LogP contribution in [0.15, 0.2) is 12.1 Å². The number of hydrogen-bond acceptors (Lipinski definition) is 7. The molecule has 1 heterocycles. The van der Waals surface area contributed by atoms with Crippen molar-refractivity contribution in [3.8, 4) is 0 Å². The van der Waals surface area contributed by atoms with E-state index in [-0.39, 0.29) is 30.4 Å². The molecule has 0 atom stereocenters. The molecule has 19 heavy (non-hydrogen) atoms. The second kappa shape index (κ2) is 5.62. The number of primary amides is 2. The maximum Gasteiger partial charge on any atom is 0.276 e. The summed E-state index contributed by atoms with van der Waals surface area (Å²) < 4.78 is 0. The highest BCUT2D eigenvalue weighted by Crippen LogP contribution is 2.21. The first kappa shape index (κ1) is 14.2. The van der Waals surface area contributed by atoms with Gasteiger partial charge in [-0.2, -0.15) is 0 Å². The first-order valence-corrected chi connectivity index (χ1v) is 5.03. The summed E-state index contributed by atoms with van der Waals surface area (Å²) in [5, 5.41) is 10.7. The second-order valence-electron chi connectivity index (χ2n) is 3.65. The van der Waals surface area contributed by atoms with Crippen LogP contribution in [0.2, 0.25) is 0 Å². The first-order chi connectivity index (χ1) is 8.79. The SMILES string of the molecule is NC(=O)CN(CC(N)=O)c1cc([N+](=O)[O-])cc(N)n1. The second-order valence-corrected chi connectivity index (χ2v) is 3.65. The molecule has 0 bridgehead atoms. The molecule has 0 saturated heterocycles. The Hall–Kier alpha value is -2.91. The van der Waals surface area contributed by atoms with Crippen molar-refractivity contribution in [2.24, 2.45) is 11.5 Å². The maximum absolute atomic E-state index is 10.9. The molecule has 1 aromatic heterocycles. The molecular formula is C9H12N6O4. The minimum absolute atomic E-state index is 0.0238. The summed E-state index contributed by atoms with van der Waals surface area (Å²) in [4.78, 5) is 36.7. The van der Waals surface area contributed by atoms with E-state index in [0.717, 1.165) is 17.0 Å². The number of nitrogens with two attached hydrogens (primary N) is 3. The number of nitrogen functional groups attached to an aromatic ring is 1. The Morgan fingerprint density at radius 2 is 1.79 bits per heavy atom. The van der Waals surface area contributed by atoms with Gasteiger partial charge in [0.2, 0.25) is 11.8 Å². The molecule has 6 N–H and O–H groups in total. The number of nitro groups is 1. The Balaban J connectivity index is 3.16. The summed E-state index contributed by atoms with van der Waals surface area (Å²) in [6, 6.07) is 2.12. The summed E-state index contributed by atoms with van der Waals surface area (Å²) in [6.07, 6.45) is 0. The molecule has 10 nitrogen and oxygen atoms in total. The van der Waals surface area contributed by atoms with Crippen LogP contribution in [-0.2, 0) is 9.59 Å². The van der Waals surface area contributed by atoms with Gasteiger partial charge in [0.25, 0.3) is 5.69 Å². The summed E-state index contributed by atoms with van der Waals surface area (Å²) >= 11 is 0. The molecular weight excluding hydrogens is 256 g/mol. The van der Waals surface area contributed by atoms with Crippen LogP contribution in [0.3, 0.4) is 0 Å². The smallest absolute Gasteiger partial charge is 0.276 e. The number of carbonyl (C=O) groups is 2. The molecule has 0 spiro atoms. The average Bonchev–Trinajstić information content (AvgIpc) is 2.25. The van der Waals surface area contributed by atoms with Crippen LogP contribution in [0.5, 0.6) is 0 Å². The van der Waals surface area contributed by atoms with Gasteiger partial charge in [-0.05, 0) is 0 Å². The van der Waals surface area contributed by atoms with E-state index >= 15 is 0 Å². The molecule has 1 rings (SSSR count). The molecule has 0 aromatic carbocycles. The predicted molar refractivity (Wildman–Crippen MR) is 65.9 cm³/mol. The molecule has 0 aliphatic heterocycles. The lowest BCUT2D eigenvalue weighted by atomic mass is 10.3. The molecule has 0 aliphatic rings. The fraction of sp³-hybridized carbons (Fsp3) is 0.222. The van der Waals surface area contributed by atoms with Gasteiger partial charge in [0.05, 0.1) is 30.1 Å². The third-order valence-corrected chi connectivity index (χ3v) is 2.04. The van der Waals surface area contributed by atoms with Gasteiger partial charge in [0.15, 0.2) is 0 Å². The van der Waals surface area contributed by atoms with Crippen molar-refractivity contribution in [2.45, 2.75) is 0 Å². The zero-order chi connectivity index (χ0) is 14.6. The highest BCUT2D eigenvalue weighted by atomic mass is 16.6. The molecule has 0 saturated carbocycles. The highest BCUT2D eigenvalue weighted by molar-refractivity contribution is 5.84. The summed E-state index contributed by atoms with van der Waals surface area (Å²) in [6.45, 7) is -0.729. The topological polar surface area (TPSA) is 171 Å². The van der Waals surface area contributed by atoms with Crippen molar-refractivity contribution in [1.29, 1.82) is 0 Å². The largest absolute Gasteiger partial charge is 0.383 e. The number of aromatic nitrogens is 1. The minimum Gasteiger partial charge on any atom is -0.383 e. The van der Waals surface area contributed by atoms with Crippen molar-refractivity contribution >= 4 is 29.1 Å².